The summed E-state index contributed by atoms with van der Waals surface area (Å²) < 4.78 is 14.0. The van der Waals surface area contributed by atoms with Crippen molar-refractivity contribution in [3.8, 4) is 6.07 Å². The number of hydrogen-bond acceptors (Lipinski definition) is 1. The maximum absolute atomic E-state index is 14.0. The van der Waals surface area contributed by atoms with E-state index in [0.29, 0.717) is 17.4 Å². The fourth-order valence-electron chi connectivity index (χ4n) is 2.78. The molecule has 1 aromatic carbocycles. The van der Waals surface area contributed by atoms with Gasteiger partial charge < -0.3 is 0 Å². The van der Waals surface area contributed by atoms with Crippen LogP contribution in [0.25, 0.3) is 0 Å². The van der Waals surface area contributed by atoms with E-state index < -0.39 is 5.41 Å². The van der Waals surface area contributed by atoms with E-state index in [0.717, 1.165) is 25.7 Å². The molecule has 19 heavy (non-hydrogen) atoms. The molecule has 3 heteroatoms. The SMILES string of the molecule is CC1(C)CCC(C#N)(Cc2cccc(Cl)c2F)CC1. The lowest BCUT2D eigenvalue weighted by atomic mass is 9.64. The van der Waals surface area contributed by atoms with E-state index >= 15 is 0 Å². The van der Waals surface area contributed by atoms with Crippen LogP contribution in [0.5, 0.6) is 0 Å². The molecule has 1 fully saturated rings. The van der Waals surface area contributed by atoms with Gasteiger partial charge in [0.2, 0.25) is 0 Å². The minimum Gasteiger partial charge on any atom is -0.205 e. The second kappa shape index (κ2) is 5.13. The molecule has 0 unspecified atom stereocenters. The molecule has 2 rings (SSSR count). The summed E-state index contributed by atoms with van der Waals surface area (Å²) in [6.45, 7) is 4.46. The molecular weight excluding hydrogens is 261 g/mol. The van der Waals surface area contributed by atoms with Crippen LogP contribution in [0.4, 0.5) is 4.39 Å². The smallest absolute Gasteiger partial charge is 0.145 e. The summed E-state index contributed by atoms with van der Waals surface area (Å²) in [5.41, 5.74) is 0.433. The van der Waals surface area contributed by atoms with Gasteiger partial charge in [-0.15, -0.1) is 0 Å². The first-order chi connectivity index (χ1) is 8.87. The standard InChI is InChI=1S/C16H19ClFN/c1-15(2)6-8-16(11-19,9-7-15)10-12-4-3-5-13(17)14(12)18/h3-5H,6-10H2,1-2H3. The molecule has 0 radical (unpaired) electrons. The summed E-state index contributed by atoms with van der Waals surface area (Å²) in [7, 11) is 0. The number of nitriles is 1. The molecular formula is C16H19ClFN. The predicted octanol–water partition coefficient (Wildman–Crippen LogP) is 5.13. The molecule has 0 atom stereocenters. The number of hydrogen-bond donors (Lipinski definition) is 0. The first-order valence-electron chi connectivity index (χ1n) is 6.72. The fourth-order valence-corrected chi connectivity index (χ4v) is 2.98. The third-order valence-electron chi connectivity index (χ3n) is 4.36. The molecule has 1 aromatic rings. The van der Waals surface area contributed by atoms with Crippen molar-refractivity contribution in [2.45, 2.75) is 46.0 Å². The zero-order valence-electron chi connectivity index (χ0n) is 11.5. The third-order valence-corrected chi connectivity index (χ3v) is 4.65. The van der Waals surface area contributed by atoms with Crippen molar-refractivity contribution < 1.29 is 4.39 Å². The molecule has 0 N–H and O–H groups in total. The van der Waals surface area contributed by atoms with E-state index in [1.165, 1.54) is 0 Å². The molecule has 1 aliphatic rings. The lowest BCUT2D eigenvalue weighted by Crippen LogP contribution is -2.32. The van der Waals surface area contributed by atoms with Gasteiger partial charge in [0.1, 0.15) is 5.82 Å². The van der Waals surface area contributed by atoms with Gasteiger partial charge in [0.05, 0.1) is 16.5 Å². The summed E-state index contributed by atoms with van der Waals surface area (Å²) in [5, 5.41) is 9.67. The average Bonchev–Trinajstić information content (AvgIpc) is 2.38. The molecule has 0 spiro atoms. The number of benzene rings is 1. The molecule has 1 nitrogen and oxygen atoms in total. The highest BCUT2D eigenvalue weighted by Crippen LogP contribution is 2.46. The first-order valence-corrected chi connectivity index (χ1v) is 7.09. The Labute approximate surface area is 119 Å². The maximum Gasteiger partial charge on any atom is 0.145 e. The second-order valence-corrected chi connectivity index (χ2v) is 6.85. The van der Waals surface area contributed by atoms with Crippen molar-refractivity contribution in [1.29, 1.82) is 5.26 Å². The van der Waals surface area contributed by atoms with E-state index in [2.05, 4.69) is 19.9 Å². The third kappa shape index (κ3) is 3.09. The second-order valence-electron chi connectivity index (χ2n) is 6.45. The van der Waals surface area contributed by atoms with Gasteiger partial charge in [-0.2, -0.15) is 5.26 Å². The zero-order valence-corrected chi connectivity index (χ0v) is 12.2. The Morgan fingerprint density at radius 3 is 2.47 bits per heavy atom. The Hall–Kier alpha value is -1.07. The Bertz CT molecular complexity index is 506. The highest BCUT2D eigenvalue weighted by Gasteiger charge is 2.39. The monoisotopic (exact) mass is 279 g/mol. The summed E-state index contributed by atoms with van der Waals surface area (Å²) >= 11 is 5.81. The van der Waals surface area contributed by atoms with Gasteiger partial charge in [0.25, 0.3) is 0 Å². The lowest BCUT2D eigenvalue weighted by molar-refractivity contribution is 0.145. The van der Waals surface area contributed by atoms with E-state index in [4.69, 9.17) is 11.6 Å². The van der Waals surface area contributed by atoms with E-state index in [-0.39, 0.29) is 10.8 Å². The fraction of sp³-hybridized carbons (Fsp3) is 0.562. The minimum atomic E-state index is -0.430. The highest BCUT2D eigenvalue weighted by molar-refractivity contribution is 6.30. The summed E-state index contributed by atoms with van der Waals surface area (Å²) in [5.74, 6) is -0.372. The Morgan fingerprint density at radius 1 is 1.26 bits per heavy atom. The Balaban J connectivity index is 2.21. The van der Waals surface area contributed by atoms with Gasteiger partial charge in [-0.05, 0) is 49.1 Å². The quantitative estimate of drug-likeness (QED) is 0.736. The van der Waals surface area contributed by atoms with Crippen LogP contribution in [-0.4, -0.2) is 0 Å². The van der Waals surface area contributed by atoms with E-state index in [1.807, 2.05) is 0 Å². The van der Waals surface area contributed by atoms with Gasteiger partial charge in [0, 0.05) is 0 Å². The zero-order chi connectivity index (χ0) is 14.1. The highest BCUT2D eigenvalue weighted by atomic mass is 35.5. The predicted molar refractivity (Wildman–Crippen MR) is 75.4 cm³/mol. The van der Waals surface area contributed by atoms with Crippen LogP contribution in [-0.2, 0) is 6.42 Å². The van der Waals surface area contributed by atoms with Crippen molar-refractivity contribution in [2.24, 2.45) is 10.8 Å². The van der Waals surface area contributed by atoms with Crippen LogP contribution in [0.1, 0.15) is 45.1 Å². The molecule has 0 saturated heterocycles. The van der Waals surface area contributed by atoms with E-state index in [9.17, 15) is 9.65 Å². The molecule has 1 aliphatic carbocycles. The van der Waals surface area contributed by atoms with Crippen molar-refractivity contribution in [3.63, 3.8) is 0 Å². The maximum atomic E-state index is 14.0. The van der Waals surface area contributed by atoms with Crippen LogP contribution < -0.4 is 0 Å². The van der Waals surface area contributed by atoms with Gasteiger partial charge in [0.15, 0.2) is 0 Å². The number of rotatable bonds is 2. The van der Waals surface area contributed by atoms with Crippen LogP contribution in [0, 0.1) is 28.0 Å². The minimum absolute atomic E-state index is 0.140. The van der Waals surface area contributed by atoms with Crippen molar-refractivity contribution in [1.82, 2.24) is 0 Å². The molecule has 0 aromatic heterocycles. The van der Waals surface area contributed by atoms with Gasteiger partial charge in [-0.1, -0.05) is 37.6 Å². The number of nitrogens with zero attached hydrogens (tertiary/aromatic N) is 1. The lowest BCUT2D eigenvalue weighted by Gasteiger charge is -2.39. The van der Waals surface area contributed by atoms with Gasteiger partial charge in [-0.3, -0.25) is 0 Å². The first kappa shape index (κ1) is 14.3. The average molecular weight is 280 g/mol. The molecule has 0 heterocycles. The summed E-state index contributed by atoms with van der Waals surface area (Å²) in [4.78, 5) is 0. The largest absolute Gasteiger partial charge is 0.205 e. The summed E-state index contributed by atoms with van der Waals surface area (Å²) in [6.07, 6.45) is 4.17. The molecule has 0 amide bonds. The molecule has 0 aliphatic heterocycles. The Kier molecular flexibility index (Phi) is 3.87. The molecule has 0 bridgehead atoms. The van der Waals surface area contributed by atoms with Gasteiger partial charge >= 0.3 is 0 Å². The topological polar surface area (TPSA) is 23.8 Å². The van der Waals surface area contributed by atoms with E-state index in [1.54, 1.807) is 18.2 Å². The van der Waals surface area contributed by atoms with Crippen LogP contribution in [0.2, 0.25) is 5.02 Å². The number of halogens is 2. The van der Waals surface area contributed by atoms with Crippen molar-refractivity contribution in [3.05, 3.63) is 34.6 Å². The normalized spacial score (nSPS) is 20.8. The van der Waals surface area contributed by atoms with Gasteiger partial charge in [-0.25, -0.2) is 4.39 Å². The Morgan fingerprint density at radius 2 is 1.89 bits per heavy atom. The van der Waals surface area contributed by atoms with Crippen LogP contribution in [0.3, 0.4) is 0 Å². The van der Waals surface area contributed by atoms with Crippen LogP contribution in [0.15, 0.2) is 18.2 Å². The van der Waals surface area contributed by atoms with Crippen LogP contribution >= 0.6 is 11.6 Å². The van der Waals surface area contributed by atoms with Crippen molar-refractivity contribution in [2.75, 3.05) is 0 Å². The van der Waals surface area contributed by atoms with Crippen molar-refractivity contribution >= 4 is 11.6 Å². The molecule has 102 valence electrons. The molecule has 1 saturated carbocycles. The summed E-state index contributed by atoms with van der Waals surface area (Å²) in [6, 6.07) is 7.47.